The number of alkyl halides is 4. The van der Waals surface area contributed by atoms with Gasteiger partial charge in [-0.3, -0.25) is 18.6 Å². The van der Waals surface area contributed by atoms with E-state index in [4.69, 9.17) is 10.8 Å². The average molecular weight is 417 g/mol. The highest BCUT2D eigenvalue weighted by atomic mass is 31.2. The van der Waals surface area contributed by atoms with Crippen molar-refractivity contribution in [3.8, 4) is 0 Å². The van der Waals surface area contributed by atoms with E-state index in [-0.39, 0.29) is 13.0 Å². The van der Waals surface area contributed by atoms with Crippen molar-refractivity contribution in [2.24, 2.45) is 5.73 Å². The van der Waals surface area contributed by atoms with Crippen LogP contribution in [0.5, 0.6) is 0 Å². The van der Waals surface area contributed by atoms with Crippen LogP contribution in [0, 0.1) is 0 Å². The number of benzene rings is 1. The predicted octanol–water partition coefficient (Wildman–Crippen LogP) is 1.86. The van der Waals surface area contributed by atoms with Crippen LogP contribution >= 0.6 is 7.82 Å². The van der Waals surface area contributed by atoms with Crippen LogP contribution in [0.2, 0.25) is 0 Å². The molecule has 0 aliphatic rings. The molecule has 0 radical (unpaired) electrons. The summed E-state index contributed by atoms with van der Waals surface area (Å²) in [7, 11) is -4.55. The summed E-state index contributed by atoms with van der Waals surface area (Å²) in [5.41, 5.74) is 5.02. The minimum Gasteiger partial charge on any atom is -0.480 e. The minimum absolute atomic E-state index is 0.00564. The molecule has 1 aromatic rings. The van der Waals surface area contributed by atoms with Crippen LogP contribution in [0.1, 0.15) is 15.9 Å². The van der Waals surface area contributed by atoms with Crippen molar-refractivity contribution < 1.29 is 50.8 Å². The maximum atomic E-state index is 13.0. The first-order valence-electron chi connectivity index (χ1n) is 7.27. The van der Waals surface area contributed by atoms with Gasteiger partial charge in [0.15, 0.2) is 0 Å². The summed E-state index contributed by atoms with van der Waals surface area (Å²) in [6.45, 7) is -1.12. The van der Waals surface area contributed by atoms with Crippen LogP contribution in [0.3, 0.4) is 0 Å². The zero-order valence-electron chi connectivity index (χ0n) is 13.6. The van der Waals surface area contributed by atoms with Crippen LogP contribution in [-0.4, -0.2) is 53.4 Å². The molecule has 27 heavy (non-hydrogen) atoms. The lowest BCUT2D eigenvalue weighted by Crippen LogP contribution is -2.34. The molecular formula is C14H16F4NO7P. The SMILES string of the molecule is NC(COP(=O)(O)OCCc1ccc(C(=O)C(F)C(F)(F)F)cc1)C(=O)O. The highest BCUT2D eigenvalue weighted by Crippen LogP contribution is 2.43. The molecule has 0 heterocycles. The molecule has 1 aromatic carbocycles. The highest BCUT2D eigenvalue weighted by molar-refractivity contribution is 7.47. The highest BCUT2D eigenvalue weighted by Gasteiger charge is 2.45. The van der Waals surface area contributed by atoms with E-state index in [0.717, 1.165) is 12.1 Å². The number of carbonyl (C=O) groups excluding carboxylic acids is 1. The monoisotopic (exact) mass is 417 g/mol. The van der Waals surface area contributed by atoms with Gasteiger partial charge in [0.2, 0.25) is 5.78 Å². The molecule has 0 fully saturated rings. The van der Waals surface area contributed by atoms with E-state index in [1.165, 1.54) is 12.1 Å². The summed E-state index contributed by atoms with van der Waals surface area (Å²) in [5, 5.41) is 8.52. The number of carbonyl (C=O) groups is 2. The number of aliphatic carboxylic acids is 1. The maximum Gasteiger partial charge on any atom is 0.472 e. The fourth-order valence-corrected chi connectivity index (χ4v) is 2.44. The number of phosphoric acid groups is 1. The quantitative estimate of drug-likeness (QED) is 0.298. The lowest BCUT2D eigenvalue weighted by Gasteiger charge is -2.14. The number of hydrogen-bond donors (Lipinski definition) is 3. The van der Waals surface area contributed by atoms with Gasteiger partial charge in [-0.05, 0) is 12.0 Å². The Hall–Kier alpha value is -1.85. The van der Waals surface area contributed by atoms with Crippen molar-refractivity contribution in [3.05, 3.63) is 35.4 Å². The molecule has 0 amide bonds. The average Bonchev–Trinajstić information content (AvgIpc) is 2.58. The van der Waals surface area contributed by atoms with Crippen molar-refractivity contribution >= 4 is 19.6 Å². The molecule has 3 atom stereocenters. The van der Waals surface area contributed by atoms with Gasteiger partial charge < -0.3 is 15.7 Å². The molecule has 0 saturated heterocycles. The van der Waals surface area contributed by atoms with Crippen LogP contribution in [0.25, 0.3) is 0 Å². The summed E-state index contributed by atoms with van der Waals surface area (Å²) in [5.74, 6) is -3.17. The lowest BCUT2D eigenvalue weighted by atomic mass is 10.0. The number of hydrogen-bond acceptors (Lipinski definition) is 6. The van der Waals surface area contributed by atoms with Gasteiger partial charge in [0.1, 0.15) is 6.04 Å². The van der Waals surface area contributed by atoms with Gasteiger partial charge in [0, 0.05) is 5.56 Å². The Kier molecular flexibility index (Phi) is 8.05. The van der Waals surface area contributed by atoms with Crippen molar-refractivity contribution in [1.29, 1.82) is 0 Å². The zero-order valence-corrected chi connectivity index (χ0v) is 14.5. The molecule has 3 unspecified atom stereocenters. The van der Waals surface area contributed by atoms with Crippen LogP contribution in [-0.2, 0) is 24.8 Å². The van der Waals surface area contributed by atoms with Crippen molar-refractivity contribution in [1.82, 2.24) is 0 Å². The van der Waals surface area contributed by atoms with E-state index in [1.54, 1.807) is 0 Å². The lowest BCUT2D eigenvalue weighted by molar-refractivity contribution is -0.165. The van der Waals surface area contributed by atoms with Crippen LogP contribution in [0.4, 0.5) is 17.6 Å². The number of halogens is 4. The molecule has 0 aromatic heterocycles. The topological polar surface area (TPSA) is 136 Å². The smallest absolute Gasteiger partial charge is 0.472 e. The molecule has 13 heteroatoms. The molecule has 152 valence electrons. The summed E-state index contributed by atoms with van der Waals surface area (Å²) >= 11 is 0. The van der Waals surface area contributed by atoms with E-state index in [1.807, 2.05) is 0 Å². The summed E-state index contributed by atoms with van der Waals surface area (Å²) in [4.78, 5) is 31.2. The van der Waals surface area contributed by atoms with Gasteiger partial charge in [-0.15, -0.1) is 0 Å². The van der Waals surface area contributed by atoms with Gasteiger partial charge in [-0.1, -0.05) is 24.3 Å². The maximum absolute atomic E-state index is 13.0. The number of Topliss-reactive ketones (excluding diaryl/α,β-unsaturated/α-hetero) is 1. The number of carboxylic acid groups (broad SMARTS) is 1. The Morgan fingerprint density at radius 1 is 1.19 bits per heavy atom. The van der Waals surface area contributed by atoms with E-state index in [2.05, 4.69) is 9.05 Å². The number of carboxylic acids is 1. The Labute approximate surface area is 150 Å². The van der Waals surface area contributed by atoms with Gasteiger partial charge in [0.25, 0.3) is 6.17 Å². The summed E-state index contributed by atoms with van der Waals surface area (Å²) in [6.07, 6.45) is -8.91. The first kappa shape index (κ1) is 23.2. The molecule has 0 bridgehead atoms. The normalized spacial score (nSPS) is 16.4. The van der Waals surface area contributed by atoms with E-state index >= 15 is 0 Å². The first-order chi connectivity index (χ1) is 12.3. The third-order valence-electron chi connectivity index (χ3n) is 3.14. The Morgan fingerprint density at radius 3 is 2.22 bits per heavy atom. The molecule has 1 rings (SSSR count). The molecule has 4 N–H and O–H groups in total. The number of ketones is 1. The van der Waals surface area contributed by atoms with E-state index in [9.17, 15) is 36.6 Å². The number of nitrogens with two attached hydrogens (primary N) is 1. The van der Waals surface area contributed by atoms with Crippen molar-refractivity contribution in [3.63, 3.8) is 0 Å². The molecule has 0 saturated carbocycles. The molecule has 0 spiro atoms. The predicted molar refractivity (Wildman–Crippen MR) is 82.8 cm³/mol. The van der Waals surface area contributed by atoms with Crippen molar-refractivity contribution in [2.45, 2.75) is 24.8 Å². The Bertz CT molecular complexity index is 710. The minimum atomic E-state index is -5.30. The third kappa shape index (κ3) is 7.73. The summed E-state index contributed by atoms with van der Waals surface area (Å²) in [6, 6.07) is 2.90. The first-order valence-corrected chi connectivity index (χ1v) is 8.77. The van der Waals surface area contributed by atoms with Crippen LogP contribution in [0.15, 0.2) is 24.3 Å². The number of phosphoric ester groups is 1. The second kappa shape index (κ2) is 9.38. The van der Waals surface area contributed by atoms with Crippen LogP contribution < -0.4 is 5.73 Å². The zero-order chi connectivity index (χ0) is 20.8. The van der Waals surface area contributed by atoms with E-state index in [0.29, 0.717) is 5.56 Å². The second-order valence-electron chi connectivity index (χ2n) is 5.26. The fourth-order valence-electron chi connectivity index (χ4n) is 1.69. The molecule has 0 aliphatic heterocycles. The second-order valence-corrected chi connectivity index (χ2v) is 6.71. The molecule has 8 nitrogen and oxygen atoms in total. The van der Waals surface area contributed by atoms with Gasteiger partial charge in [-0.2, -0.15) is 13.2 Å². The van der Waals surface area contributed by atoms with Gasteiger partial charge in [0.05, 0.1) is 13.2 Å². The number of rotatable bonds is 10. The fraction of sp³-hybridized carbons (Fsp3) is 0.429. The summed E-state index contributed by atoms with van der Waals surface area (Å²) < 4.78 is 70.0. The standard InChI is InChI=1S/C14H16F4NO7P/c15-12(14(16,17)18)11(20)9-3-1-8(2-4-9)5-6-25-27(23,24)26-7-10(19)13(21)22/h1-4,10,12H,5-7,19H2,(H,21,22)(H,23,24). The van der Waals surface area contributed by atoms with E-state index < -0.39 is 50.1 Å². The molecule has 0 aliphatic carbocycles. The molecular weight excluding hydrogens is 401 g/mol. The van der Waals surface area contributed by atoms with Gasteiger partial charge >= 0.3 is 20.0 Å². The van der Waals surface area contributed by atoms with Crippen molar-refractivity contribution in [2.75, 3.05) is 13.2 Å². The van der Waals surface area contributed by atoms with Gasteiger partial charge in [-0.25, -0.2) is 8.96 Å². The largest absolute Gasteiger partial charge is 0.480 e. The Morgan fingerprint density at radius 2 is 1.74 bits per heavy atom. The Balaban J connectivity index is 2.53. The third-order valence-corrected chi connectivity index (χ3v) is 4.12.